The van der Waals surface area contributed by atoms with E-state index in [1.54, 1.807) is 0 Å². The van der Waals surface area contributed by atoms with Crippen molar-refractivity contribution in [3.8, 4) is 0 Å². The number of amides is 1. The molecular formula is C15H18ClFN2O5S. The van der Waals surface area contributed by atoms with Crippen molar-refractivity contribution < 1.29 is 27.5 Å². The van der Waals surface area contributed by atoms with E-state index in [0.717, 1.165) is 16.4 Å². The first-order valence-corrected chi connectivity index (χ1v) is 9.38. The normalized spacial score (nSPS) is 21.8. The zero-order valence-corrected chi connectivity index (χ0v) is 15.2. The van der Waals surface area contributed by atoms with Crippen LogP contribution >= 0.6 is 11.6 Å². The van der Waals surface area contributed by atoms with E-state index in [4.69, 9.17) is 11.6 Å². The molecule has 10 heteroatoms. The number of nitrogens with zero attached hydrogens (tertiary/aromatic N) is 1. The van der Waals surface area contributed by atoms with Crippen LogP contribution in [-0.4, -0.2) is 42.3 Å². The van der Waals surface area contributed by atoms with E-state index in [-0.39, 0.29) is 17.3 Å². The highest BCUT2D eigenvalue weighted by molar-refractivity contribution is 7.89. The average molecular weight is 393 g/mol. The van der Waals surface area contributed by atoms with Gasteiger partial charge in [0.05, 0.1) is 16.6 Å². The van der Waals surface area contributed by atoms with Crippen molar-refractivity contribution in [3.63, 3.8) is 0 Å². The van der Waals surface area contributed by atoms with E-state index in [2.05, 4.69) is 5.32 Å². The van der Waals surface area contributed by atoms with Gasteiger partial charge >= 0.3 is 5.97 Å². The maximum absolute atomic E-state index is 14.4. The molecule has 25 heavy (non-hydrogen) atoms. The van der Waals surface area contributed by atoms with Crippen molar-refractivity contribution in [3.05, 3.63) is 23.0 Å². The summed E-state index contributed by atoms with van der Waals surface area (Å²) in [6.45, 7) is 2.79. The minimum atomic E-state index is -4.28. The monoisotopic (exact) mass is 392 g/mol. The largest absolute Gasteiger partial charge is 0.481 e. The Bertz CT molecular complexity index is 814. The van der Waals surface area contributed by atoms with E-state index in [0.29, 0.717) is 12.8 Å². The second kappa shape index (κ2) is 7.27. The van der Waals surface area contributed by atoms with Crippen LogP contribution in [0.25, 0.3) is 0 Å². The van der Waals surface area contributed by atoms with Gasteiger partial charge in [0.25, 0.3) is 0 Å². The molecule has 0 saturated carbocycles. The van der Waals surface area contributed by atoms with Gasteiger partial charge in [0.15, 0.2) is 0 Å². The van der Waals surface area contributed by atoms with E-state index in [1.807, 2.05) is 0 Å². The fourth-order valence-electron chi connectivity index (χ4n) is 2.92. The average Bonchev–Trinajstić information content (AvgIpc) is 2.49. The number of halogens is 2. The van der Waals surface area contributed by atoms with Gasteiger partial charge in [-0.25, -0.2) is 12.8 Å². The number of nitrogens with one attached hydrogen (secondary N) is 1. The van der Waals surface area contributed by atoms with Crippen LogP contribution in [0.5, 0.6) is 0 Å². The molecule has 7 nitrogen and oxygen atoms in total. The van der Waals surface area contributed by atoms with Gasteiger partial charge in [-0.05, 0) is 25.8 Å². The second-order valence-electron chi connectivity index (χ2n) is 5.89. The molecule has 0 bridgehead atoms. The number of sulfonamides is 1. The topological polar surface area (TPSA) is 104 Å². The zero-order chi connectivity index (χ0) is 18.9. The van der Waals surface area contributed by atoms with Crippen LogP contribution in [-0.2, 0) is 19.6 Å². The van der Waals surface area contributed by atoms with Crippen LogP contribution in [0.3, 0.4) is 0 Å². The van der Waals surface area contributed by atoms with Gasteiger partial charge in [0.2, 0.25) is 15.9 Å². The summed E-state index contributed by atoms with van der Waals surface area (Å²) >= 11 is 5.95. The highest BCUT2D eigenvalue weighted by Gasteiger charge is 2.40. The summed E-state index contributed by atoms with van der Waals surface area (Å²) in [5.74, 6) is -3.50. The third-order valence-electron chi connectivity index (χ3n) is 4.17. The van der Waals surface area contributed by atoms with Gasteiger partial charge in [0.1, 0.15) is 10.7 Å². The molecule has 1 aromatic rings. The quantitative estimate of drug-likeness (QED) is 0.818. The van der Waals surface area contributed by atoms with Gasteiger partial charge in [0, 0.05) is 25.6 Å². The minimum absolute atomic E-state index is 0.0410. The third kappa shape index (κ3) is 3.94. The Balaban J connectivity index is 2.44. The molecule has 2 atom stereocenters. The predicted molar refractivity (Wildman–Crippen MR) is 89.4 cm³/mol. The molecule has 1 saturated heterocycles. The molecule has 1 amide bonds. The van der Waals surface area contributed by atoms with E-state index in [1.165, 1.54) is 13.8 Å². The Kier molecular flexibility index (Phi) is 5.70. The number of hydrogen-bond acceptors (Lipinski definition) is 4. The smallest absolute Gasteiger partial charge is 0.308 e. The maximum atomic E-state index is 14.4. The highest BCUT2D eigenvalue weighted by atomic mass is 35.5. The van der Waals surface area contributed by atoms with Crippen molar-refractivity contribution in [2.45, 2.75) is 37.6 Å². The zero-order valence-electron chi connectivity index (χ0n) is 13.6. The van der Waals surface area contributed by atoms with Gasteiger partial charge in [-0.1, -0.05) is 11.6 Å². The molecule has 0 unspecified atom stereocenters. The summed E-state index contributed by atoms with van der Waals surface area (Å²) in [5, 5.41) is 11.4. The fourth-order valence-corrected chi connectivity index (χ4v) is 4.97. The molecule has 1 aromatic carbocycles. The van der Waals surface area contributed by atoms with Crippen molar-refractivity contribution in [1.82, 2.24) is 4.31 Å². The first-order chi connectivity index (χ1) is 11.6. The number of carbonyl (C=O) groups is 2. The van der Waals surface area contributed by atoms with E-state index < -0.39 is 44.6 Å². The molecule has 1 fully saturated rings. The van der Waals surface area contributed by atoms with Crippen molar-refractivity contribution in [2.24, 2.45) is 5.92 Å². The lowest BCUT2D eigenvalue weighted by molar-refractivity contribution is -0.144. The van der Waals surface area contributed by atoms with Gasteiger partial charge in [-0.3, -0.25) is 9.59 Å². The number of hydrogen-bond donors (Lipinski definition) is 2. The summed E-state index contributed by atoms with van der Waals surface area (Å²) in [7, 11) is -4.28. The minimum Gasteiger partial charge on any atom is -0.481 e. The Morgan fingerprint density at radius 3 is 2.60 bits per heavy atom. The third-order valence-corrected chi connectivity index (χ3v) is 6.48. The van der Waals surface area contributed by atoms with Crippen LogP contribution in [0.15, 0.2) is 17.0 Å². The highest BCUT2D eigenvalue weighted by Crippen LogP contribution is 2.33. The molecule has 0 spiro atoms. The first kappa shape index (κ1) is 19.6. The van der Waals surface area contributed by atoms with Crippen LogP contribution in [0, 0.1) is 11.7 Å². The summed E-state index contributed by atoms with van der Waals surface area (Å²) in [5.41, 5.74) is -0.0410. The number of benzene rings is 1. The summed E-state index contributed by atoms with van der Waals surface area (Å²) < 4.78 is 41.0. The first-order valence-electron chi connectivity index (χ1n) is 7.57. The van der Waals surface area contributed by atoms with Crippen LogP contribution in [0.4, 0.5) is 10.1 Å². The second-order valence-corrected chi connectivity index (χ2v) is 8.15. The number of carbonyl (C=O) groups excluding carboxylic acids is 1. The molecule has 1 aliphatic rings. The van der Waals surface area contributed by atoms with Crippen molar-refractivity contribution in [2.75, 3.05) is 11.9 Å². The molecule has 2 N–H and O–H groups in total. The molecule has 1 heterocycles. The van der Waals surface area contributed by atoms with Gasteiger partial charge < -0.3 is 10.4 Å². The predicted octanol–water partition coefficient (Wildman–Crippen LogP) is 2.31. The molecule has 2 rings (SSSR count). The molecule has 1 aliphatic heterocycles. The molecule has 0 aromatic heterocycles. The Hall–Kier alpha value is -1.71. The van der Waals surface area contributed by atoms with Crippen molar-refractivity contribution >= 4 is 39.2 Å². The lowest BCUT2D eigenvalue weighted by Gasteiger charge is -2.36. The van der Waals surface area contributed by atoms with Gasteiger partial charge in [-0.15, -0.1) is 0 Å². The summed E-state index contributed by atoms with van der Waals surface area (Å²) in [4.78, 5) is 21.7. The lowest BCUT2D eigenvalue weighted by Crippen LogP contribution is -2.49. The number of piperidine rings is 1. The molecule has 138 valence electrons. The number of aliphatic carboxylic acids is 1. The SMILES string of the molecule is CC(=O)Nc1cc(F)c(S(=O)(=O)N2CCC[C@@H](C(=O)O)[C@H]2C)cc1Cl. The Morgan fingerprint density at radius 1 is 1.40 bits per heavy atom. The molecule has 0 radical (unpaired) electrons. The molecule has 0 aliphatic carbocycles. The van der Waals surface area contributed by atoms with E-state index in [9.17, 15) is 27.5 Å². The van der Waals surface area contributed by atoms with E-state index >= 15 is 0 Å². The van der Waals surface area contributed by atoms with Crippen LogP contribution < -0.4 is 5.32 Å². The van der Waals surface area contributed by atoms with Crippen molar-refractivity contribution in [1.29, 1.82) is 0 Å². The Labute approximate surface area is 149 Å². The summed E-state index contributed by atoms with van der Waals surface area (Å²) in [6, 6.07) is 0.943. The van der Waals surface area contributed by atoms with Crippen LogP contribution in [0.2, 0.25) is 5.02 Å². The standard InChI is InChI=1S/C15H18ClFN2O5S/c1-8-10(15(21)22)4-3-5-19(8)25(23,24)14-6-11(16)13(7-12(14)17)18-9(2)20/h6-8,10H,3-5H2,1-2H3,(H,18,20)(H,21,22)/t8-,10-/m1/s1. The maximum Gasteiger partial charge on any atom is 0.308 e. The number of anilines is 1. The fraction of sp³-hybridized carbons (Fsp3) is 0.467. The summed E-state index contributed by atoms with van der Waals surface area (Å²) in [6.07, 6.45) is 0.715. The lowest BCUT2D eigenvalue weighted by atomic mass is 9.92. The number of carboxylic acids is 1. The Morgan fingerprint density at radius 2 is 2.04 bits per heavy atom. The molecular weight excluding hydrogens is 375 g/mol. The van der Waals surface area contributed by atoms with Crippen LogP contribution in [0.1, 0.15) is 26.7 Å². The number of carboxylic acid groups (broad SMARTS) is 1. The van der Waals surface area contributed by atoms with Gasteiger partial charge in [-0.2, -0.15) is 4.31 Å². The number of rotatable bonds is 4.